The standard InChI is InChI=1S/C15H17FN2OS/c1-3-6-13-14(10-19)20-15(17-13)18(4-2)12-8-5-7-11(16)9-12/h5,7-10H,3-4,6H2,1-2H3. The lowest BCUT2D eigenvalue weighted by atomic mass is 10.2. The molecule has 2 aromatic rings. The van der Waals surface area contributed by atoms with E-state index in [4.69, 9.17) is 0 Å². The number of aromatic nitrogens is 1. The van der Waals surface area contributed by atoms with Crippen molar-refractivity contribution in [1.82, 2.24) is 4.98 Å². The van der Waals surface area contributed by atoms with Crippen LogP contribution in [0.4, 0.5) is 15.2 Å². The van der Waals surface area contributed by atoms with Gasteiger partial charge in [-0.2, -0.15) is 0 Å². The Morgan fingerprint density at radius 1 is 1.40 bits per heavy atom. The lowest BCUT2D eigenvalue weighted by Gasteiger charge is -2.19. The van der Waals surface area contributed by atoms with E-state index in [1.54, 1.807) is 6.07 Å². The Bertz CT molecular complexity index is 597. The normalized spacial score (nSPS) is 10.6. The summed E-state index contributed by atoms with van der Waals surface area (Å²) < 4.78 is 13.4. The summed E-state index contributed by atoms with van der Waals surface area (Å²) in [4.78, 5) is 18.2. The number of halogens is 1. The van der Waals surface area contributed by atoms with Crippen molar-refractivity contribution >= 4 is 28.4 Å². The fourth-order valence-electron chi connectivity index (χ4n) is 2.05. The second-order valence-electron chi connectivity index (χ2n) is 4.40. The molecule has 1 aromatic heterocycles. The van der Waals surface area contributed by atoms with E-state index in [9.17, 15) is 9.18 Å². The molecule has 20 heavy (non-hydrogen) atoms. The number of carbonyl (C=O) groups excluding carboxylic acids is 1. The fraction of sp³-hybridized carbons (Fsp3) is 0.333. The van der Waals surface area contributed by atoms with Crippen molar-refractivity contribution in [3.05, 3.63) is 40.7 Å². The molecular weight excluding hydrogens is 275 g/mol. The molecular formula is C15H17FN2OS. The van der Waals surface area contributed by atoms with Crippen LogP contribution < -0.4 is 4.90 Å². The van der Waals surface area contributed by atoms with Crippen molar-refractivity contribution in [2.24, 2.45) is 0 Å². The Kier molecular flexibility index (Phi) is 4.84. The van der Waals surface area contributed by atoms with Crippen molar-refractivity contribution < 1.29 is 9.18 Å². The monoisotopic (exact) mass is 292 g/mol. The fourth-order valence-corrected chi connectivity index (χ4v) is 3.06. The van der Waals surface area contributed by atoms with E-state index in [0.29, 0.717) is 11.4 Å². The van der Waals surface area contributed by atoms with Crippen LogP contribution in [-0.2, 0) is 6.42 Å². The number of hydrogen-bond donors (Lipinski definition) is 0. The average molecular weight is 292 g/mol. The lowest BCUT2D eigenvalue weighted by Crippen LogP contribution is -2.15. The van der Waals surface area contributed by atoms with Crippen LogP contribution in [0, 0.1) is 5.82 Å². The number of thiazole rings is 1. The minimum atomic E-state index is -0.276. The Morgan fingerprint density at radius 2 is 2.20 bits per heavy atom. The van der Waals surface area contributed by atoms with Gasteiger partial charge in [0, 0.05) is 12.2 Å². The maximum Gasteiger partial charge on any atom is 0.190 e. The van der Waals surface area contributed by atoms with E-state index in [-0.39, 0.29) is 5.82 Å². The van der Waals surface area contributed by atoms with Gasteiger partial charge < -0.3 is 4.90 Å². The highest BCUT2D eigenvalue weighted by molar-refractivity contribution is 7.17. The molecule has 3 nitrogen and oxygen atoms in total. The molecule has 1 aromatic carbocycles. The third kappa shape index (κ3) is 3.04. The maximum atomic E-state index is 13.4. The Balaban J connectivity index is 2.39. The zero-order valence-corrected chi connectivity index (χ0v) is 12.4. The molecule has 0 bridgehead atoms. The summed E-state index contributed by atoms with van der Waals surface area (Å²) in [6, 6.07) is 6.41. The van der Waals surface area contributed by atoms with Crippen molar-refractivity contribution in [2.45, 2.75) is 26.7 Å². The zero-order chi connectivity index (χ0) is 14.5. The van der Waals surface area contributed by atoms with Crippen molar-refractivity contribution in [3.8, 4) is 0 Å². The Labute approximate surface area is 122 Å². The molecule has 0 atom stereocenters. The molecule has 1 heterocycles. The zero-order valence-electron chi connectivity index (χ0n) is 11.6. The molecule has 0 aliphatic rings. The van der Waals surface area contributed by atoms with Gasteiger partial charge in [0.15, 0.2) is 11.4 Å². The van der Waals surface area contributed by atoms with Gasteiger partial charge in [-0.3, -0.25) is 4.79 Å². The van der Waals surface area contributed by atoms with Gasteiger partial charge >= 0.3 is 0 Å². The first-order valence-electron chi connectivity index (χ1n) is 6.67. The van der Waals surface area contributed by atoms with Gasteiger partial charge in [-0.05, 0) is 31.5 Å². The molecule has 0 aliphatic heterocycles. The summed E-state index contributed by atoms with van der Waals surface area (Å²) in [5.74, 6) is -0.276. The van der Waals surface area contributed by atoms with Crippen LogP contribution in [0.15, 0.2) is 24.3 Å². The number of rotatable bonds is 6. The molecule has 5 heteroatoms. The molecule has 0 fully saturated rings. The first kappa shape index (κ1) is 14.7. The van der Waals surface area contributed by atoms with E-state index in [0.717, 1.165) is 35.6 Å². The molecule has 0 unspecified atom stereocenters. The van der Waals surface area contributed by atoms with Crippen molar-refractivity contribution in [3.63, 3.8) is 0 Å². The van der Waals surface area contributed by atoms with Gasteiger partial charge in [-0.1, -0.05) is 30.7 Å². The summed E-state index contributed by atoms with van der Waals surface area (Å²) in [5, 5.41) is 0.739. The summed E-state index contributed by atoms with van der Waals surface area (Å²) >= 11 is 1.36. The van der Waals surface area contributed by atoms with Gasteiger partial charge in [0.1, 0.15) is 5.82 Å². The number of anilines is 2. The molecule has 0 amide bonds. The molecule has 0 saturated carbocycles. The van der Waals surface area contributed by atoms with Gasteiger partial charge in [0.25, 0.3) is 0 Å². The minimum absolute atomic E-state index is 0.276. The van der Waals surface area contributed by atoms with Crippen LogP contribution in [0.5, 0.6) is 0 Å². The maximum absolute atomic E-state index is 13.4. The molecule has 0 radical (unpaired) electrons. The number of aryl methyl sites for hydroxylation is 1. The summed E-state index contributed by atoms with van der Waals surface area (Å²) in [7, 11) is 0. The minimum Gasteiger partial charge on any atom is -0.318 e. The van der Waals surface area contributed by atoms with E-state index in [2.05, 4.69) is 11.9 Å². The highest BCUT2D eigenvalue weighted by Gasteiger charge is 2.16. The van der Waals surface area contributed by atoms with Crippen LogP contribution in [0.2, 0.25) is 0 Å². The molecule has 0 saturated heterocycles. The van der Waals surface area contributed by atoms with Crippen LogP contribution in [-0.4, -0.2) is 17.8 Å². The topological polar surface area (TPSA) is 33.2 Å². The highest BCUT2D eigenvalue weighted by atomic mass is 32.1. The number of hydrogen-bond acceptors (Lipinski definition) is 4. The first-order valence-corrected chi connectivity index (χ1v) is 7.49. The SMILES string of the molecule is CCCc1nc(N(CC)c2cccc(F)c2)sc1C=O. The molecule has 2 rings (SSSR count). The number of benzene rings is 1. The molecule has 106 valence electrons. The van der Waals surface area contributed by atoms with Gasteiger partial charge in [-0.25, -0.2) is 9.37 Å². The molecule has 0 aliphatic carbocycles. The van der Waals surface area contributed by atoms with Crippen LogP contribution in [0.25, 0.3) is 0 Å². The third-order valence-electron chi connectivity index (χ3n) is 2.98. The predicted molar refractivity (Wildman–Crippen MR) is 80.6 cm³/mol. The van der Waals surface area contributed by atoms with E-state index < -0.39 is 0 Å². The second-order valence-corrected chi connectivity index (χ2v) is 5.41. The highest BCUT2D eigenvalue weighted by Crippen LogP contribution is 2.31. The summed E-state index contributed by atoms with van der Waals surface area (Å²) in [6.07, 6.45) is 2.58. The summed E-state index contributed by atoms with van der Waals surface area (Å²) in [5.41, 5.74) is 1.58. The van der Waals surface area contributed by atoms with Crippen molar-refractivity contribution in [1.29, 1.82) is 0 Å². The number of aldehydes is 1. The van der Waals surface area contributed by atoms with E-state index in [1.807, 2.05) is 17.9 Å². The van der Waals surface area contributed by atoms with Gasteiger partial charge in [-0.15, -0.1) is 0 Å². The molecule has 0 spiro atoms. The van der Waals surface area contributed by atoms with Crippen molar-refractivity contribution in [2.75, 3.05) is 11.4 Å². The predicted octanol–water partition coefficient (Wildman–Crippen LogP) is 4.21. The van der Waals surface area contributed by atoms with Crippen LogP contribution in [0.3, 0.4) is 0 Å². The quantitative estimate of drug-likeness (QED) is 0.748. The Morgan fingerprint density at radius 3 is 2.80 bits per heavy atom. The Hall–Kier alpha value is -1.75. The first-order chi connectivity index (χ1) is 9.69. The molecule has 0 N–H and O–H groups in total. The number of carbonyl (C=O) groups is 1. The van der Waals surface area contributed by atoms with E-state index >= 15 is 0 Å². The smallest absolute Gasteiger partial charge is 0.190 e. The third-order valence-corrected chi connectivity index (χ3v) is 4.02. The van der Waals surface area contributed by atoms with Crippen LogP contribution in [0.1, 0.15) is 35.6 Å². The second kappa shape index (κ2) is 6.61. The van der Waals surface area contributed by atoms with Gasteiger partial charge in [0.05, 0.1) is 10.6 Å². The lowest BCUT2D eigenvalue weighted by molar-refractivity contribution is 0.112. The number of nitrogens with zero attached hydrogens (tertiary/aromatic N) is 2. The average Bonchev–Trinajstić information content (AvgIpc) is 2.83. The van der Waals surface area contributed by atoms with Gasteiger partial charge in [0.2, 0.25) is 0 Å². The summed E-state index contributed by atoms with van der Waals surface area (Å²) in [6.45, 7) is 4.70. The van der Waals surface area contributed by atoms with E-state index in [1.165, 1.54) is 23.5 Å². The van der Waals surface area contributed by atoms with Crippen LogP contribution >= 0.6 is 11.3 Å². The largest absolute Gasteiger partial charge is 0.318 e.